The van der Waals surface area contributed by atoms with Crippen molar-refractivity contribution in [3.8, 4) is 0 Å². The molecule has 0 saturated heterocycles. The van der Waals surface area contributed by atoms with Crippen molar-refractivity contribution in [2.75, 3.05) is 0 Å². The normalized spacial score (nSPS) is 24.4. The van der Waals surface area contributed by atoms with Crippen molar-refractivity contribution in [1.29, 1.82) is 0 Å². The summed E-state index contributed by atoms with van der Waals surface area (Å²) in [5, 5.41) is 3.90. The van der Waals surface area contributed by atoms with Gasteiger partial charge in [-0.1, -0.05) is 13.3 Å². The average molecular weight is 140 g/mol. The second-order valence-corrected chi connectivity index (χ2v) is 2.55. The van der Waals surface area contributed by atoms with Gasteiger partial charge < -0.3 is 0 Å². The number of hydrazone groups is 1. The molecule has 1 aliphatic rings. The van der Waals surface area contributed by atoms with Gasteiger partial charge in [-0.15, -0.1) is 0 Å². The van der Waals surface area contributed by atoms with Gasteiger partial charge in [-0.25, -0.2) is 5.43 Å². The highest BCUT2D eigenvalue weighted by molar-refractivity contribution is 6.07. The number of nitrogens with zero attached hydrogens (tertiary/aromatic N) is 1. The lowest BCUT2D eigenvalue weighted by molar-refractivity contribution is -0.121. The van der Waals surface area contributed by atoms with Gasteiger partial charge in [-0.05, 0) is 13.3 Å². The largest absolute Gasteiger partial charge is 0.272 e. The average Bonchev–Trinajstić information content (AvgIpc) is 2.20. The molecule has 1 unspecified atom stereocenters. The molecule has 0 saturated carbocycles. The molecule has 1 rings (SSSR count). The molecule has 0 aromatic heterocycles. The Hall–Kier alpha value is -0.860. The Morgan fingerprint density at radius 3 is 2.80 bits per heavy atom. The first-order valence-electron chi connectivity index (χ1n) is 3.62. The van der Waals surface area contributed by atoms with Crippen LogP contribution in [0.4, 0.5) is 0 Å². The van der Waals surface area contributed by atoms with Crippen LogP contribution >= 0.6 is 0 Å². The van der Waals surface area contributed by atoms with Crippen molar-refractivity contribution in [3.63, 3.8) is 0 Å². The van der Waals surface area contributed by atoms with Crippen LogP contribution in [0, 0.1) is 5.92 Å². The molecule has 1 amide bonds. The van der Waals surface area contributed by atoms with Gasteiger partial charge in [0, 0.05) is 0 Å². The smallest absolute Gasteiger partial charge is 0.248 e. The molecular weight excluding hydrogens is 128 g/mol. The van der Waals surface area contributed by atoms with Crippen LogP contribution in [0.1, 0.15) is 26.7 Å². The topological polar surface area (TPSA) is 41.5 Å². The van der Waals surface area contributed by atoms with Crippen molar-refractivity contribution in [3.05, 3.63) is 0 Å². The molecular formula is C7H12N2O. The lowest BCUT2D eigenvalue weighted by Gasteiger charge is -1.99. The van der Waals surface area contributed by atoms with E-state index in [0.29, 0.717) is 0 Å². The van der Waals surface area contributed by atoms with Gasteiger partial charge in [0.05, 0.1) is 11.6 Å². The maximum absolute atomic E-state index is 10.8. The molecule has 1 N–H and O–H groups in total. The van der Waals surface area contributed by atoms with E-state index < -0.39 is 0 Å². The molecule has 1 atom stereocenters. The fourth-order valence-corrected chi connectivity index (χ4v) is 1.00. The molecule has 3 nitrogen and oxygen atoms in total. The Balaban J connectivity index is 2.54. The molecule has 1 aliphatic heterocycles. The van der Waals surface area contributed by atoms with E-state index in [1.807, 2.05) is 6.92 Å². The van der Waals surface area contributed by atoms with Crippen molar-refractivity contribution in [2.45, 2.75) is 26.7 Å². The Bertz CT molecular complexity index is 174. The number of nitrogens with one attached hydrogen (secondary N) is 1. The minimum Gasteiger partial charge on any atom is -0.272 e. The number of hydrogen-bond acceptors (Lipinski definition) is 2. The lowest BCUT2D eigenvalue weighted by Crippen LogP contribution is -2.19. The van der Waals surface area contributed by atoms with Gasteiger partial charge in [0.2, 0.25) is 5.91 Å². The van der Waals surface area contributed by atoms with E-state index in [1.54, 1.807) is 0 Å². The number of hydrogen-bond donors (Lipinski definition) is 1. The molecule has 0 aromatic carbocycles. The Labute approximate surface area is 60.5 Å². The van der Waals surface area contributed by atoms with Crippen LogP contribution in [-0.2, 0) is 4.79 Å². The van der Waals surface area contributed by atoms with E-state index in [1.165, 1.54) is 0 Å². The Morgan fingerprint density at radius 1 is 1.70 bits per heavy atom. The standard InChI is InChI=1S/C7H12N2O/c1-3-4-6-5(2)7(10)9-8-6/h5H,3-4H2,1-2H3,(H,9,10). The third-order valence-electron chi connectivity index (χ3n) is 1.71. The monoisotopic (exact) mass is 140 g/mol. The van der Waals surface area contributed by atoms with Crippen LogP contribution < -0.4 is 5.43 Å². The highest BCUT2D eigenvalue weighted by Crippen LogP contribution is 2.09. The van der Waals surface area contributed by atoms with E-state index in [0.717, 1.165) is 18.6 Å². The van der Waals surface area contributed by atoms with Crippen molar-refractivity contribution in [2.24, 2.45) is 11.0 Å². The first kappa shape index (κ1) is 7.25. The van der Waals surface area contributed by atoms with E-state index in [-0.39, 0.29) is 11.8 Å². The quantitative estimate of drug-likeness (QED) is 0.608. The summed E-state index contributed by atoms with van der Waals surface area (Å²) in [5.41, 5.74) is 3.45. The molecule has 0 fully saturated rings. The van der Waals surface area contributed by atoms with Crippen LogP contribution in [0.15, 0.2) is 5.10 Å². The molecule has 0 radical (unpaired) electrons. The molecule has 0 aromatic rings. The predicted octanol–water partition coefficient (Wildman–Crippen LogP) is 0.908. The Kier molecular flexibility index (Phi) is 2.04. The molecule has 1 heterocycles. The zero-order valence-corrected chi connectivity index (χ0v) is 6.35. The first-order chi connectivity index (χ1) is 4.75. The van der Waals surface area contributed by atoms with E-state index >= 15 is 0 Å². The fourth-order valence-electron chi connectivity index (χ4n) is 1.00. The predicted molar refractivity (Wildman–Crippen MR) is 39.6 cm³/mol. The van der Waals surface area contributed by atoms with E-state index in [2.05, 4.69) is 17.5 Å². The number of carbonyl (C=O) groups is 1. The summed E-state index contributed by atoms with van der Waals surface area (Å²) in [6, 6.07) is 0. The zero-order chi connectivity index (χ0) is 7.56. The summed E-state index contributed by atoms with van der Waals surface area (Å²) in [7, 11) is 0. The summed E-state index contributed by atoms with van der Waals surface area (Å²) in [6.45, 7) is 3.97. The van der Waals surface area contributed by atoms with Gasteiger partial charge >= 0.3 is 0 Å². The third-order valence-corrected chi connectivity index (χ3v) is 1.71. The minimum absolute atomic E-state index is 0.0000463. The van der Waals surface area contributed by atoms with E-state index in [9.17, 15) is 4.79 Å². The molecule has 3 heteroatoms. The third kappa shape index (κ3) is 1.17. The second kappa shape index (κ2) is 2.82. The summed E-state index contributed by atoms with van der Waals surface area (Å²) < 4.78 is 0. The maximum atomic E-state index is 10.8. The molecule has 0 bridgehead atoms. The van der Waals surface area contributed by atoms with Crippen LogP contribution in [0.2, 0.25) is 0 Å². The minimum atomic E-state index is -0.0000463. The second-order valence-electron chi connectivity index (χ2n) is 2.55. The van der Waals surface area contributed by atoms with Crippen LogP contribution in [-0.4, -0.2) is 11.6 Å². The maximum Gasteiger partial charge on any atom is 0.248 e. The fraction of sp³-hybridized carbons (Fsp3) is 0.714. The summed E-state index contributed by atoms with van der Waals surface area (Å²) >= 11 is 0. The molecule has 56 valence electrons. The first-order valence-corrected chi connectivity index (χ1v) is 3.62. The summed E-state index contributed by atoms with van der Waals surface area (Å²) in [4.78, 5) is 10.8. The van der Waals surface area contributed by atoms with Gasteiger partial charge in [-0.2, -0.15) is 5.10 Å². The van der Waals surface area contributed by atoms with E-state index in [4.69, 9.17) is 0 Å². The number of amides is 1. The molecule has 0 spiro atoms. The van der Waals surface area contributed by atoms with Crippen molar-refractivity contribution < 1.29 is 4.79 Å². The van der Waals surface area contributed by atoms with Gasteiger partial charge in [-0.3, -0.25) is 4.79 Å². The summed E-state index contributed by atoms with van der Waals surface area (Å²) in [5.74, 6) is 0.0309. The van der Waals surface area contributed by atoms with Crippen LogP contribution in [0.5, 0.6) is 0 Å². The lowest BCUT2D eigenvalue weighted by atomic mass is 10.0. The van der Waals surface area contributed by atoms with Gasteiger partial charge in [0.15, 0.2) is 0 Å². The number of rotatable bonds is 2. The van der Waals surface area contributed by atoms with Crippen molar-refractivity contribution in [1.82, 2.24) is 5.43 Å². The Morgan fingerprint density at radius 2 is 2.40 bits per heavy atom. The van der Waals surface area contributed by atoms with Gasteiger partial charge in [0.25, 0.3) is 0 Å². The highest BCUT2D eigenvalue weighted by Gasteiger charge is 2.23. The highest BCUT2D eigenvalue weighted by atomic mass is 16.2. The van der Waals surface area contributed by atoms with Crippen LogP contribution in [0.25, 0.3) is 0 Å². The van der Waals surface area contributed by atoms with Crippen LogP contribution in [0.3, 0.4) is 0 Å². The zero-order valence-electron chi connectivity index (χ0n) is 6.35. The summed E-state index contributed by atoms with van der Waals surface area (Å²) in [6.07, 6.45) is 1.98. The SMILES string of the molecule is CCCC1=NNC(=O)C1C. The van der Waals surface area contributed by atoms with Crippen molar-refractivity contribution >= 4 is 11.6 Å². The number of carbonyl (C=O) groups excluding carboxylic acids is 1. The molecule has 0 aliphatic carbocycles. The molecule has 10 heavy (non-hydrogen) atoms. The van der Waals surface area contributed by atoms with Gasteiger partial charge in [0.1, 0.15) is 0 Å².